The summed E-state index contributed by atoms with van der Waals surface area (Å²) in [5, 5.41) is 12.1. The molecule has 1 aliphatic heterocycles. The molecule has 0 saturated carbocycles. The van der Waals surface area contributed by atoms with E-state index in [2.05, 4.69) is 26.3 Å². The molecule has 1 aromatic carbocycles. The van der Waals surface area contributed by atoms with E-state index in [4.69, 9.17) is 0 Å². The van der Waals surface area contributed by atoms with E-state index in [-0.39, 0.29) is 17.7 Å². The fourth-order valence-electron chi connectivity index (χ4n) is 2.93. The molecule has 1 aliphatic rings. The van der Waals surface area contributed by atoms with E-state index < -0.39 is 5.41 Å². The van der Waals surface area contributed by atoms with Gasteiger partial charge in [-0.1, -0.05) is 18.2 Å². The third-order valence-electron chi connectivity index (χ3n) is 4.44. The Hall–Kier alpha value is -2.57. The van der Waals surface area contributed by atoms with Gasteiger partial charge in [0.15, 0.2) is 5.96 Å². The maximum absolute atomic E-state index is 11.9. The molecule has 0 aliphatic carbocycles. The summed E-state index contributed by atoms with van der Waals surface area (Å²) >= 11 is 0. The first-order chi connectivity index (χ1) is 12.4. The van der Waals surface area contributed by atoms with Gasteiger partial charge in [-0.25, -0.2) is 0 Å². The van der Waals surface area contributed by atoms with Gasteiger partial charge < -0.3 is 21.3 Å². The summed E-state index contributed by atoms with van der Waals surface area (Å²) in [6.07, 6.45) is 0.438. The first-order valence-corrected chi connectivity index (χ1v) is 9.00. The van der Waals surface area contributed by atoms with Crippen molar-refractivity contribution in [2.24, 2.45) is 10.4 Å². The zero-order chi connectivity index (χ0) is 19.2. The van der Waals surface area contributed by atoms with Crippen molar-refractivity contribution in [1.29, 1.82) is 0 Å². The number of rotatable bonds is 6. The number of carbonyl (C=O) groups excluding carboxylic acids is 2. The number of carbonyl (C=O) groups is 2. The van der Waals surface area contributed by atoms with Gasteiger partial charge in [-0.15, -0.1) is 0 Å². The second-order valence-corrected chi connectivity index (χ2v) is 7.08. The van der Waals surface area contributed by atoms with Crippen LogP contribution in [0.3, 0.4) is 0 Å². The summed E-state index contributed by atoms with van der Waals surface area (Å²) in [5.41, 5.74) is 1.41. The molecule has 1 heterocycles. The molecule has 1 atom stereocenters. The third-order valence-corrected chi connectivity index (χ3v) is 4.44. The average Bonchev–Trinajstić information content (AvgIpc) is 2.62. The molecule has 2 amide bonds. The first-order valence-electron chi connectivity index (χ1n) is 9.00. The van der Waals surface area contributed by atoms with Crippen LogP contribution in [-0.4, -0.2) is 44.5 Å². The molecule has 0 saturated heterocycles. The molecular weight excluding hydrogens is 330 g/mol. The molecule has 0 radical (unpaired) electrons. The molecule has 26 heavy (non-hydrogen) atoms. The average molecular weight is 359 g/mol. The number of hydrogen-bond donors (Lipinski definition) is 4. The summed E-state index contributed by atoms with van der Waals surface area (Å²) in [5.74, 6) is 0.705. The predicted octanol–water partition coefficient (Wildman–Crippen LogP) is 1.44. The van der Waals surface area contributed by atoms with Crippen LogP contribution in [0.5, 0.6) is 0 Å². The third kappa shape index (κ3) is 4.97. The van der Waals surface area contributed by atoms with Crippen LogP contribution in [0.1, 0.15) is 38.7 Å². The summed E-state index contributed by atoms with van der Waals surface area (Å²) in [6.45, 7) is 7.39. The zero-order valence-electron chi connectivity index (χ0n) is 16.0. The van der Waals surface area contributed by atoms with Gasteiger partial charge in [-0.05, 0) is 32.4 Å². The number of guanidine groups is 1. The van der Waals surface area contributed by atoms with Gasteiger partial charge in [-0.3, -0.25) is 14.6 Å². The van der Waals surface area contributed by atoms with Crippen LogP contribution in [0.4, 0.5) is 5.69 Å². The summed E-state index contributed by atoms with van der Waals surface area (Å²) in [4.78, 5) is 28.4. The van der Waals surface area contributed by atoms with Crippen LogP contribution >= 0.6 is 0 Å². The van der Waals surface area contributed by atoms with E-state index >= 15 is 0 Å². The highest BCUT2D eigenvalue weighted by Crippen LogP contribution is 2.31. The number of aliphatic imine (C=N–C) groups is 1. The Kier molecular flexibility index (Phi) is 6.60. The number of nitrogens with zero attached hydrogens (tertiary/aromatic N) is 1. The van der Waals surface area contributed by atoms with Crippen LogP contribution in [0.2, 0.25) is 0 Å². The van der Waals surface area contributed by atoms with Crippen molar-refractivity contribution >= 4 is 23.5 Å². The van der Waals surface area contributed by atoms with Gasteiger partial charge >= 0.3 is 0 Å². The van der Waals surface area contributed by atoms with Gasteiger partial charge in [0.05, 0.1) is 12.0 Å². The minimum atomic E-state index is -0.589. The Bertz CT molecular complexity index is 684. The molecule has 142 valence electrons. The monoisotopic (exact) mass is 359 g/mol. The smallest absolute Gasteiger partial charge is 0.227 e. The zero-order valence-corrected chi connectivity index (χ0v) is 16.0. The van der Waals surface area contributed by atoms with Crippen LogP contribution < -0.4 is 21.3 Å². The van der Waals surface area contributed by atoms with Crippen LogP contribution in [0.15, 0.2) is 29.3 Å². The Morgan fingerprint density at radius 1 is 1.31 bits per heavy atom. The molecule has 0 aromatic heterocycles. The Labute approximate surface area is 155 Å². The van der Waals surface area contributed by atoms with Crippen molar-refractivity contribution in [3.05, 3.63) is 29.8 Å². The lowest BCUT2D eigenvalue weighted by atomic mass is 9.90. The largest absolute Gasteiger partial charge is 0.359 e. The Morgan fingerprint density at radius 2 is 2.04 bits per heavy atom. The fraction of sp³-hybridized carbons (Fsp3) is 0.526. The minimum Gasteiger partial charge on any atom is -0.359 e. The molecule has 0 fully saturated rings. The topological polar surface area (TPSA) is 94.6 Å². The van der Waals surface area contributed by atoms with Gasteiger partial charge in [0.1, 0.15) is 0 Å². The van der Waals surface area contributed by atoms with E-state index in [9.17, 15) is 9.59 Å². The standard InChI is InChI=1S/C19H29N5O2/c1-5-21-18(23-12-19(2,3)17(26)20-4)22-11-13-10-16(25)24-15-9-7-6-8-14(13)15/h6-9,13H,5,10-12H2,1-4H3,(H,20,26)(H,24,25)(H2,21,22,23). The van der Waals surface area contributed by atoms with E-state index in [1.54, 1.807) is 7.05 Å². The number of amides is 2. The molecule has 0 spiro atoms. The van der Waals surface area contributed by atoms with Crippen molar-refractivity contribution in [3.63, 3.8) is 0 Å². The molecule has 1 aromatic rings. The van der Waals surface area contributed by atoms with Crippen LogP contribution in [0.25, 0.3) is 0 Å². The molecule has 7 heteroatoms. The predicted molar refractivity (Wildman–Crippen MR) is 104 cm³/mol. The molecular formula is C19H29N5O2. The lowest BCUT2D eigenvalue weighted by Crippen LogP contribution is -2.42. The van der Waals surface area contributed by atoms with Gasteiger partial charge in [0.25, 0.3) is 0 Å². The van der Waals surface area contributed by atoms with Crippen molar-refractivity contribution in [1.82, 2.24) is 16.0 Å². The molecule has 4 N–H and O–H groups in total. The molecule has 2 rings (SSSR count). The molecule has 7 nitrogen and oxygen atoms in total. The van der Waals surface area contributed by atoms with Crippen molar-refractivity contribution in [2.45, 2.75) is 33.1 Å². The number of hydrogen-bond acceptors (Lipinski definition) is 3. The maximum Gasteiger partial charge on any atom is 0.227 e. The summed E-state index contributed by atoms with van der Waals surface area (Å²) < 4.78 is 0. The van der Waals surface area contributed by atoms with Crippen molar-refractivity contribution < 1.29 is 9.59 Å². The quantitative estimate of drug-likeness (QED) is 0.457. The summed E-state index contributed by atoms with van der Waals surface area (Å²) in [7, 11) is 1.63. The minimum absolute atomic E-state index is 0.0261. The lowest BCUT2D eigenvalue weighted by Gasteiger charge is -2.26. The Balaban J connectivity index is 2.06. The van der Waals surface area contributed by atoms with Crippen molar-refractivity contribution in [3.8, 4) is 0 Å². The number of fused-ring (bicyclic) bond motifs is 1. The first kappa shape index (κ1) is 19.8. The lowest BCUT2D eigenvalue weighted by molar-refractivity contribution is -0.128. The SMILES string of the molecule is CCNC(=NCC(C)(C)C(=O)NC)NCC1CC(=O)Nc2ccccc21. The van der Waals surface area contributed by atoms with Crippen LogP contribution in [0, 0.1) is 5.41 Å². The van der Waals surface area contributed by atoms with E-state index in [1.807, 2.05) is 45.0 Å². The van der Waals surface area contributed by atoms with E-state index in [0.29, 0.717) is 32.0 Å². The van der Waals surface area contributed by atoms with Gasteiger partial charge in [-0.2, -0.15) is 0 Å². The number of nitrogens with one attached hydrogen (secondary N) is 4. The second kappa shape index (κ2) is 8.69. The number of benzene rings is 1. The van der Waals surface area contributed by atoms with Gasteiger partial charge in [0.2, 0.25) is 11.8 Å². The van der Waals surface area contributed by atoms with Gasteiger partial charge in [0, 0.05) is 38.2 Å². The normalized spacial score (nSPS) is 17.2. The fourth-order valence-corrected chi connectivity index (χ4v) is 2.93. The van der Waals surface area contributed by atoms with E-state index in [1.165, 1.54) is 0 Å². The Morgan fingerprint density at radius 3 is 2.73 bits per heavy atom. The highest BCUT2D eigenvalue weighted by Gasteiger charge is 2.27. The van der Waals surface area contributed by atoms with Crippen LogP contribution in [-0.2, 0) is 9.59 Å². The number of anilines is 1. The molecule has 1 unspecified atom stereocenters. The highest BCUT2D eigenvalue weighted by atomic mass is 16.2. The maximum atomic E-state index is 11.9. The summed E-state index contributed by atoms with van der Waals surface area (Å²) in [6, 6.07) is 7.86. The van der Waals surface area contributed by atoms with Crippen molar-refractivity contribution in [2.75, 3.05) is 32.0 Å². The molecule has 0 bridgehead atoms. The van der Waals surface area contributed by atoms with E-state index in [0.717, 1.165) is 11.3 Å². The highest BCUT2D eigenvalue weighted by molar-refractivity contribution is 5.94. The number of para-hydroxylation sites is 1. The second-order valence-electron chi connectivity index (χ2n) is 7.08.